The Labute approximate surface area is 90.3 Å². The number of nitrogens with zero attached hydrogens (tertiary/aromatic N) is 1. The third-order valence-corrected chi connectivity index (χ3v) is 1.88. The number of halogens is 1. The highest BCUT2D eigenvalue weighted by molar-refractivity contribution is 5.92. The fourth-order valence-electron chi connectivity index (χ4n) is 1.09. The lowest BCUT2D eigenvalue weighted by atomic mass is 10.3. The molecule has 0 atom stereocenters. The maximum Gasteiger partial charge on any atom is 0.227 e. The zero-order valence-electron chi connectivity index (χ0n) is 8.14. The Kier molecular flexibility index (Phi) is 5.92. The van der Waals surface area contributed by atoms with Crippen LogP contribution in [0.1, 0.15) is 6.42 Å². The van der Waals surface area contributed by atoms with Crippen LogP contribution in [0.3, 0.4) is 0 Å². The molecule has 1 rings (SSSR count). The molecule has 0 aromatic heterocycles. The van der Waals surface area contributed by atoms with E-state index in [-0.39, 0.29) is 18.3 Å². The summed E-state index contributed by atoms with van der Waals surface area (Å²) in [4.78, 5) is 13.0. The minimum atomic E-state index is 0. The molecular formula is C10H15ClN2O. The summed E-state index contributed by atoms with van der Waals surface area (Å²) in [5, 5.41) is 0. The summed E-state index contributed by atoms with van der Waals surface area (Å²) in [5.41, 5.74) is 6.20. The number of carbonyl (C=O) groups is 1. The summed E-state index contributed by atoms with van der Waals surface area (Å²) in [6.45, 7) is 0.399. The molecule has 1 aromatic carbocycles. The molecular weight excluding hydrogens is 200 g/mol. The number of hydrogen-bond acceptors (Lipinski definition) is 2. The van der Waals surface area contributed by atoms with Gasteiger partial charge in [-0.2, -0.15) is 0 Å². The summed E-state index contributed by atoms with van der Waals surface area (Å²) < 4.78 is 0. The van der Waals surface area contributed by atoms with Crippen molar-refractivity contribution in [2.45, 2.75) is 6.42 Å². The Hall–Kier alpha value is -1.06. The molecule has 0 saturated heterocycles. The van der Waals surface area contributed by atoms with Crippen molar-refractivity contribution in [2.24, 2.45) is 5.73 Å². The SMILES string of the molecule is CN(C(=O)CCN)c1ccccc1.Cl. The number of carbonyl (C=O) groups excluding carboxylic acids is 1. The van der Waals surface area contributed by atoms with E-state index in [0.717, 1.165) is 5.69 Å². The van der Waals surface area contributed by atoms with Gasteiger partial charge in [0.1, 0.15) is 0 Å². The molecule has 4 heteroatoms. The molecule has 3 nitrogen and oxygen atoms in total. The molecule has 0 heterocycles. The molecule has 0 saturated carbocycles. The maximum atomic E-state index is 11.4. The average molecular weight is 215 g/mol. The fourth-order valence-corrected chi connectivity index (χ4v) is 1.09. The van der Waals surface area contributed by atoms with Crippen molar-refractivity contribution < 1.29 is 4.79 Å². The number of benzene rings is 1. The van der Waals surface area contributed by atoms with E-state index in [1.165, 1.54) is 0 Å². The van der Waals surface area contributed by atoms with E-state index < -0.39 is 0 Å². The summed E-state index contributed by atoms with van der Waals surface area (Å²) in [5.74, 6) is 0.0497. The number of nitrogens with two attached hydrogens (primary N) is 1. The van der Waals surface area contributed by atoms with Crippen LogP contribution in [0, 0.1) is 0 Å². The third-order valence-electron chi connectivity index (χ3n) is 1.88. The van der Waals surface area contributed by atoms with Crippen molar-refractivity contribution in [3.05, 3.63) is 30.3 Å². The van der Waals surface area contributed by atoms with Crippen LogP contribution in [0.25, 0.3) is 0 Å². The minimum Gasteiger partial charge on any atom is -0.330 e. The van der Waals surface area contributed by atoms with Gasteiger partial charge in [0.2, 0.25) is 5.91 Å². The molecule has 14 heavy (non-hydrogen) atoms. The minimum absolute atomic E-state index is 0. The van der Waals surface area contributed by atoms with Gasteiger partial charge in [0.15, 0.2) is 0 Å². The second-order valence-electron chi connectivity index (χ2n) is 2.83. The van der Waals surface area contributed by atoms with Crippen LogP contribution in [0.4, 0.5) is 5.69 Å². The van der Waals surface area contributed by atoms with Gasteiger partial charge in [-0.15, -0.1) is 12.4 Å². The van der Waals surface area contributed by atoms with Crippen molar-refractivity contribution in [2.75, 3.05) is 18.5 Å². The van der Waals surface area contributed by atoms with Gasteiger partial charge < -0.3 is 10.6 Å². The highest BCUT2D eigenvalue weighted by Gasteiger charge is 2.08. The zero-order valence-corrected chi connectivity index (χ0v) is 8.96. The van der Waals surface area contributed by atoms with E-state index in [1.54, 1.807) is 11.9 Å². The largest absolute Gasteiger partial charge is 0.330 e. The van der Waals surface area contributed by atoms with Gasteiger partial charge >= 0.3 is 0 Å². The second kappa shape index (κ2) is 6.40. The van der Waals surface area contributed by atoms with Crippen molar-refractivity contribution in [1.29, 1.82) is 0 Å². The topological polar surface area (TPSA) is 46.3 Å². The fraction of sp³-hybridized carbons (Fsp3) is 0.300. The summed E-state index contributed by atoms with van der Waals surface area (Å²) >= 11 is 0. The van der Waals surface area contributed by atoms with Crippen LogP contribution in [0.5, 0.6) is 0 Å². The van der Waals surface area contributed by atoms with Crippen LogP contribution in [0.2, 0.25) is 0 Å². The molecule has 1 aromatic rings. The molecule has 0 aliphatic rings. The van der Waals surface area contributed by atoms with Gasteiger partial charge in [0, 0.05) is 25.7 Å². The van der Waals surface area contributed by atoms with Crippen LogP contribution >= 0.6 is 12.4 Å². The van der Waals surface area contributed by atoms with Gasteiger partial charge in [0.05, 0.1) is 0 Å². The first-order valence-electron chi connectivity index (χ1n) is 4.27. The Morgan fingerprint density at radius 3 is 2.43 bits per heavy atom. The molecule has 0 radical (unpaired) electrons. The molecule has 2 N–H and O–H groups in total. The van der Waals surface area contributed by atoms with Crippen LogP contribution in [-0.2, 0) is 4.79 Å². The molecule has 0 unspecified atom stereocenters. The van der Waals surface area contributed by atoms with Gasteiger partial charge in [-0.25, -0.2) is 0 Å². The second-order valence-corrected chi connectivity index (χ2v) is 2.83. The molecule has 78 valence electrons. The number of anilines is 1. The first-order valence-corrected chi connectivity index (χ1v) is 4.27. The van der Waals surface area contributed by atoms with Crippen molar-refractivity contribution in [3.8, 4) is 0 Å². The Morgan fingerprint density at radius 2 is 1.93 bits per heavy atom. The van der Waals surface area contributed by atoms with E-state index in [2.05, 4.69) is 0 Å². The molecule has 0 fully saturated rings. The monoisotopic (exact) mass is 214 g/mol. The van der Waals surface area contributed by atoms with Gasteiger partial charge in [0.25, 0.3) is 0 Å². The molecule has 0 bridgehead atoms. The van der Waals surface area contributed by atoms with Gasteiger partial charge in [-0.1, -0.05) is 18.2 Å². The lowest BCUT2D eigenvalue weighted by Crippen LogP contribution is -2.27. The highest BCUT2D eigenvalue weighted by atomic mass is 35.5. The number of amides is 1. The number of para-hydroxylation sites is 1. The van der Waals surface area contributed by atoms with E-state index in [0.29, 0.717) is 13.0 Å². The zero-order chi connectivity index (χ0) is 9.68. The summed E-state index contributed by atoms with van der Waals surface area (Å²) in [6.07, 6.45) is 0.394. The van der Waals surface area contributed by atoms with Gasteiger partial charge in [-0.05, 0) is 12.1 Å². The van der Waals surface area contributed by atoms with Crippen LogP contribution in [0.15, 0.2) is 30.3 Å². The molecule has 0 spiro atoms. The van der Waals surface area contributed by atoms with Crippen molar-refractivity contribution in [1.82, 2.24) is 0 Å². The Morgan fingerprint density at radius 1 is 1.36 bits per heavy atom. The van der Waals surface area contributed by atoms with E-state index in [9.17, 15) is 4.79 Å². The third kappa shape index (κ3) is 3.36. The van der Waals surface area contributed by atoms with Crippen molar-refractivity contribution >= 4 is 24.0 Å². The Bertz CT molecular complexity index is 277. The summed E-state index contributed by atoms with van der Waals surface area (Å²) in [6, 6.07) is 9.52. The van der Waals surface area contributed by atoms with Crippen LogP contribution < -0.4 is 10.6 Å². The van der Waals surface area contributed by atoms with E-state index in [1.807, 2.05) is 30.3 Å². The maximum absolute atomic E-state index is 11.4. The van der Waals surface area contributed by atoms with E-state index >= 15 is 0 Å². The molecule has 0 aliphatic carbocycles. The molecule has 1 amide bonds. The first kappa shape index (κ1) is 12.9. The quantitative estimate of drug-likeness (QED) is 0.827. The number of rotatable bonds is 3. The predicted molar refractivity (Wildman–Crippen MR) is 60.8 cm³/mol. The first-order chi connectivity index (χ1) is 6.25. The van der Waals surface area contributed by atoms with E-state index in [4.69, 9.17) is 5.73 Å². The predicted octanol–water partition coefficient (Wildman–Crippen LogP) is 1.42. The number of hydrogen-bond donors (Lipinski definition) is 1. The Balaban J connectivity index is 0.00000169. The van der Waals surface area contributed by atoms with Gasteiger partial charge in [-0.3, -0.25) is 4.79 Å². The van der Waals surface area contributed by atoms with Crippen molar-refractivity contribution in [3.63, 3.8) is 0 Å². The highest BCUT2D eigenvalue weighted by Crippen LogP contribution is 2.11. The standard InChI is InChI=1S/C10H14N2O.ClH/c1-12(10(13)7-8-11)9-5-3-2-4-6-9;/h2-6H,7-8,11H2,1H3;1H. The lowest BCUT2D eigenvalue weighted by molar-refractivity contribution is -0.118. The molecule has 0 aliphatic heterocycles. The summed E-state index contributed by atoms with van der Waals surface area (Å²) in [7, 11) is 1.76. The normalized spacial score (nSPS) is 9.00. The lowest BCUT2D eigenvalue weighted by Gasteiger charge is -2.16. The smallest absolute Gasteiger partial charge is 0.227 e. The average Bonchev–Trinajstić information content (AvgIpc) is 2.18. The van der Waals surface area contributed by atoms with Crippen LogP contribution in [-0.4, -0.2) is 19.5 Å².